The quantitative estimate of drug-likeness (QED) is 0.580. The van der Waals surface area contributed by atoms with Gasteiger partial charge >= 0.3 is 0 Å². The SMILES string of the molecule is COc1ccc(CC2(CCC(=O)NCc3ccc4nsnc4c3)CCC(=O)N2)cc1. The Hall–Kier alpha value is -3.00. The zero-order valence-corrected chi connectivity index (χ0v) is 17.6. The van der Waals surface area contributed by atoms with Gasteiger partial charge in [-0.3, -0.25) is 9.59 Å². The Morgan fingerprint density at radius 3 is 2.67 bits per heavy atom. The molecule has 1 saturated heterocycles. The van der Waals surface area contributed by atoms with Crippen LogP contribution in [0.15, 0.2) is 42.5 Å². The van der Waals surface area contributed by atoms with Gasteiger partial charge in [0.15, 0.2) is 0 Å². The fourth-order valence-electron chi connectivity index (χ4n) is 3.90. The Balaban J connectivity index is 1.34. The lowest BCUT2D eigenvalue weighted by Crippen LogP contribution is -2.44. The van der Waals surface area contributed by atoms with Crippen molar-refractivity contribution in [1.29, 1.82) is 0 Å². The van der Waals surface area contributed by atoms with Gasteiger partial charge in [-0.15, -0.1) is 0 Å². The molecule has 0 spiro atoms. The Morgan fingerprint density at radius 1 is 1.17 bits per heavy atom. The smallest absolute Gasteiger partial charge is 0.220 e. The number of rotatable bonds is 8. The summed E-state index contributed by atoms with van der Waals surface area (Å²) in [5.41, 5.74) is 3.44. The molecular weight excluding hydrogens is 400 g/mol. The zero-order valence-electron chi connectivity index (χ0n) is 16.8. The molecule has 4 rings (SSSR count). The molecule has 1 aliphatic heterocycles. The van der Waals surface area contributed by atoms with E-state index in [2.05, 4.69) is 19.4 Å². The van der Waals surface area contributed by atoms with Gasteiger partial charge < -0.3 is 15.4 Å². The first-order chi connectivity index (χ1) is 14.5. The van der Waals surface area contributed by atoms with Gasteiger partial charge in [0.05, 0.1) is 18.8 Å². The largest absolute Gasteiger partial charge is 0.497 e. The minimum Gasteiger partial charge on any atom is -0.497 e. The first-order valence-corrected chi connectivity index (χ1v) is 10.7. The molecule has 0 radical (unpaired) electrons. The van der Waals surface area contributed by atoms with E-state index in [0.29, 0.717) is 32.2 Å². The van der Waals surface area contributed by atoms with Crippen LogP contribution in [-0.4, -0.2) is 33.2 Å². The maximum atomic E-state index is 12.5. The Labute approximate surface area is 179 Å². The van der Waals surface area contributed by atoms with Gasteiger partial charge in [0.2, 0.25) is 11.8 Å². The van der Waals surface area contributed by atoms with Crippen LogP contribution >= 0.6 is 11.7 Å². The molecule has 2 N–H and O–H groups in total. The molecular formula is C22H24N4O3S. The van der Waals surface area contributed by atoms with Crippen LogP contribution in [0.5, 0.6) is 5.75 Å². The molecule has 30 heavy (non-hydrogen) atoms. The number of carbonyl (C=O) groups is 2. The number of nitrogens with zero attached hydrogens (tertiary/aromatic N) is 2. The highest BCUT2D eigenvalue weighted by Crippen LogP contribution is 2.30. The summed E-state index contributed by atoms with van der Waals surface area (Å²) < 4.78 is 13.6. The first kappa shape index (κ1) is 20.3. The highest BCUT2D eigenvalue weighted by atomic mass is 32.1. The third-order valence-corrected chi connectivity index (χ3v) is 6.13. The molecule has 8 heteroatoms. The third kappa shape index (κ3) is 4.76. The lowest BCUT2D eigenvalue weighted by atomic mass is 9.85. The van der Waals surface area contributed by atoms with Crippen molar-refractivity contribution in [3.05, 3.63) is 53.6 Å². The number of fused-ring (bicyclic) bond motifs is 1. The number of nitrogens with one attached hydrogen (secondary N) is 2. The van der Waals surface area contributed by atoms with Gasteiger partial charge in [-0.05, 0) is 54.7 Å². The van der Waals surface area contributed by atoms with Crippen LogP contribution in [0.25, 0.3) is 11.0 Å². The normalized spacial score (nSPS) is 18.4. The Bertz CT molecular complexity index is 1050. The minimum atomic E-state index is -0.381. The molecule has 1 unspecified atom stereocenters. The second-order valence-electron chi connectivity index (χ2n) is 7.72. The maximum Gasteiger partial charge on any atom is 0.220 e. The van der Waals surface area contributed by atoms with Crippen molar-refractivity contribution in [3.63, 3.8) is 0 Å². The van der Waals surface area contributed by atoms with Crippen LogP contribution in [0, 0.1) is 0 Å². The number of ether oxygens (including phenoxy) is 1. The van der Waals surface area contributed by atoms with Crippen molar-refractivity contribution in [3.8, 4) is 5.75 Å². The third-order valence-electron chi connectivity index (χ3n) is 5.58. The predicted molar refractivity (Wildman–Crippen MR) is 115 cm³/mol. The number of benzene rings is 2. The van der Waals surface area contributed by atoms with Crippen LogP contribution in [0.1, 0.15) is 36.8 Å². The summed E-state index contributed by atoms with van der Waals surface area (Å²) in [7, 11) is 1.64. The number of methoxy groups -OCH3 is 1. The number of hydrogen-bond acceptors (Lipinski definition) is 6. The Kier molecular flexibility index (Phi) is 5.94. The van der Waals surface area contributed by atoms with Gasteiger partial charge in [0, 0.05) is 24.9 Å². The lowest BCUT2D eigenvalue weighted by Gasteiger charge is -2.29. The van der Waals surface area contributed by atoms with Gasteiger partial charge in [-0.2, -0.15) is 8.75 Å². The molecule has 1 fully saturated rings. The molecule has 2 amide bonds. The lowest BCUT2D eigenvalue weighted by molar-refractivity contribution is -0.122. The standard InChI is InChI=1S/C22H24N4O3S/c1-29-17-5-2-15(3-6-17)13-22(11-9-21(28)24-22)10-8-20(27)23-14-16-4-7-18-19(12-16)26-30-25-18/h2-7,12H,8-11,13-14H2,1H3,(H,23,27)(H,24,28). The van der Waals surface area contributed by atoms with Crippen molar-refractivity contribution in [1.82, 2.24) is 19.4 Å². The van der Waals surface area contributed by atoms with Crippen molar-refractivity contribution in [2.75, 3.05) is 7.11 Å². The fraction of sp³-hybridized carbons (Fsp3) is 0.364. The van der Waals surface area contributed by atoms with Crippen LogP contribution in [-0.2, 0) is 22.6 Å². The zero-order chi connectivity index (χ0) is 21.0. The highest BCUT2D eigenvalue weighted by molar-refractivity contribution is 7.00. The van der Waals surface area contributed by atoms with Gasteiger partial charge in [-0.1, -0.05) is 18.2 Å². The molecule has 7 nitrogen and oxygen atoms in total. The summed E-state index contributed by atoms with van der Waals surface area (Å²) >= 11 is 1.18. The molecule has 0 aliphatic carbocycles. The van der Waals surface area contributed by atoms with E-state index in [4.69, 9.17) is 4.74 Å². The van der Waals surface area contributed by atoms with E-state index in [0.717, 1.165) is 34.3 Å². The average molecular weight is 425 g/mol. The van der Waals surface area contributed by atoms with Gasteiger partial charge in [-0.25, -0.2) is 0 Å². The average Bonchev–Trinajstić information content (AvgIpc) is 3.37. The van der Waals surface area contributed by atoms with Crippen molar-refractivity contribution < 1.29 is 14.3 Å². The number of amides is 2. The van der Waals surface area contributed by atoms with Crippen LogP contribution < -0.4 is 15.4 Å². The van der Waals surface area contributed by atoms with E-state index in [-0.39, 0.29) is 17.4 Å². The first-order valence-electron chi connectivity index (χ1n) is 9.97. The number of carbonyl (C=O) groups excluding carboxylic acids is 2. The second-order valence-corrected chi connectivity index (χ2v) is 8.25. The van der Waals surface area contributed by atoms with Crippen LogP contribution in [0.3, 0.4) is 0 Å². The molecule has 1 atom stereocenters. The highest BCUT2D eigenvalue weighted by Gasteiger charge is 2.37. The molecule has 0 bridgehead atoms. The van der Waals surface area contributed by atoms with Crippen LogP contribution in [0.2, 0.25) is 0 Å². The maximum absolute atomic E-state index is 12.5. The summed E-state index contributed by atoms with van der Waals surface area (Å²) in [5, 5.41) is 6.10. The molecule has 1 aliphatic rings. The molecule has 2 heterocycles. The van der Waals surface area contributed by atoms with E-state index >= 15 is 0 Å². The van der Waals surface area contributed by atoms with Gasteiger partial charge in [0.1, 0.15) is 16.8 Å². The minimum absolute atomic E-state index is 0.0262. The van der Waals surface area contributed by atoms with E-state index in [1.807, 2.05) is 42.5 Å². The van der Waals surface area contributed by atoms with Crippen molar-refractivity contribution >= 4 is 34.6 Å². The summed E-state index contributed by atoms with van der Waals surface area (Å²) in [5.74, 6) is 0.824. The summed E-state index contributed by atoms with van der Waals surface area (Å²) in [4.78, 5) is 24.4. The fourth-order valence-corrected chi connectivity index (χ4v) is 4.41. The summed E-state index contributed by atoms with van der Waals surface area (Å²) in [6.07, 6.45) is 2.89. The van der Waals surface area contributed by atoms with Gasteiger partial charge in [0.25, 0.3) is 0 Å². The van der Waals surface area contributed by atoms with Crippen LogP contribution in [0.4, 0.5) is 0 Å². The monoisotopic (exact) mass is 424 g/mol. The topological polar surface area (TPSA) is 93.2 Å². The van der Waals surface area contributed by atoms with E-state index in [1.165, 1.54) is 11.7 Å². The van der Waals surface area contributed by atoms with E-state index in [1.54, 1.807) is 7.11 Å². The molecule has 2 aromatic carbocycles. The molecule has 156 valence electrons. The summed E-state index contributed by atoms with van der Waals surface area (Å²) in [6.45, 7) is 0.449. The van der Waals surface area contributed by atoms with Crippen molar-refractivity contribution in [2.45, 2.75) is 44.2 Å². The van der Waals surface area contributed by atoms with E-state index in [9.17, 15) is 9.59 Å². The van der Waals surface area contributed by atoms with Crippen molar-refractivity contribution in [2.24, 2.45) is 0 Å². The molecule has 0 saturated carbocycles. The molecule has 3 aromatic rings. The molecule has 1 aromatic heterocycles. The Morgan fingerprint density at radius 2 is 1.93 bits per heavy atom. The number of hydrogen-bond donors (Lipinski definition) is 2. The van der Waals surface area contributed by atoms with E-state index < -0.39 is 0 Å². The second kappa shape index (κ2) is 8.79. The summed E-state index contributed by atoms with van der Waals surface area (Å²) in [6, 6.07) is 13.7. The predicted octanol–water partition coefficient (Wildman–Crippen LogP) is 2.99. The number of aromatic nitrogens is 2.